The molecule has 4 nitrogen and oxygen atoms in total. The molecule has 1 aromatic carbocycles. The molecular formula is C17H15N3O. The van der Waals surface area contributed by atoms with Crippen molar-refractivity contribution in [1.82, 2.24) is 0 Å². The van der Waals surface area contributed by atoms with Gasteiger partial charge < -0.3 is 10.5 Å². The van der Waals surface area contributed by atoms with E-state index in [4.69, 9.17) is 10.5 Å². The first-order valence-electron chi connectivity index (χ1n) is 6.94. The van der Waals surface area contributed by atoms with Crippen molar-refractivity contribution in [2.75, 3.05) is 0 Å². The van der Waals surface area contributed by atoms with Gasteiger partial charge in [0.05, 0.1) is 17.6 Å². The molecule has 0 radical (unpaired) electrons. The van der Waals surface area contributed by atoms with Gasteiger partial charge in [-0.15, -0.1) is 0 Å². The van der Waals surface area contributed by atoms with Crippen LogP contribution in [0.1, 0.15) is 29.9 Å². The number of aryl methyl sites for hydroxylation is 1. The van der Waals surface area contributed by atoms with Crippen molar-refractivity contribution in [2.45, 2.75) is 25.7 Å². The first-order chi connectivity index (χ1) is 10.2. The lowest BCUT2D eigenvalue weighted by molar-refractivity contribution is 0.260. The van der Waals surface area contributed by atoms with Gasteiger partial charge in [-0.3, -0.25) is 0 Å². The monoisotopic (exact) mass is 277 g/mol. The van der Waals surface area contributed by atoms with Crippen LogP contribution in [0.3, 0.4) is 0 Å². The maximum absolute atomic E-state index is 9.56. The second kappa shape index (κ2) is 5.00. The van der Waals surface area contributed by atoms with Gasteiger partial charge in [0.25, 0.3) is 0 Å². The number of hydrogen-bond acceptors (Lipinski definition) is 4. The van der Waals surface area contributed by atoms with Crippen molar-refractivity contribution in [3.63, 3.8) is 0 Å². The van der Waals surface area contributed by atoms with Crippen LogP contribution < -0.4 is 5.73 Å². The van der Waals surface area contributed by atoms with Gasteiger partial charge in [0, 0.05) is 5.92 Å². The van der Waals surface area contributed by atoms with Gasteiger partial charge in [0.15, 0.2) is 0 Å². The van der Waals surface area contributed by atoms with Crippen LogP contribution in [0.15, 0.2) is 47.1 Å². The van der Waals surface area contributed by atoms with Crippen LogP contribution in [0.2, 0.25) is 0 Å². The molecule has 1 saturated carbocycles. The fraction of sp³-hybridized carbons (Fsp3) is 0.294. The number of nitrogens with zero attached hydrogens (tertiary/aromatic N) is 2. The zero-order valence-corrected chi connectivity index (χ0v) is 11.8. The molecule has 2 aliphatic rings. The molecule has 1 aromatic rings. The fourth-order valence-corrected chi connectivity index (χ4v) is 2.64. The van der Waals surface area contributed by atoms with E-state index in [9.17, 15) is 10.5 Å². The summed E-state index contributed by atoms with van der Waals surface area (Å²) in [6, 6.07) is 12.2. The summed E-state index contributed by atoms with van der Waals surface area (Å²) in [5, 5.41) is 19.0. The molecule has 21 heavy (non-hydrogen) atoms. The molecule has 3 rings (SSSR count). The maximum atomic E-state index is 9.56. The molecule has 1 atom stereocenters. The van der Waals surface area contributed by atoms with E-state index in [-0.39, 0.29) is 11.8 Å². The quantitative estimate of drug-likeness (QED) is 0.900. The highest BCUT2D eigenvalue weighted by atomic mass is 16.5. The van der Waals surface area contributed by atoms with Crippen LogP contribution in [0.25, 0.3) is 0 Å². The average Bonchev–Trinajstić information content (AvgIpc) is 3.31. The lowest BCUT2D eigenvalue weighted by atomic mass is 9.83. The van der Waals surface area contributed by atoms with Crippen molar-refractivity contribution >= 4 is 0 Å². The van der Waals surface area contributed by atoms with Gasteiger partial charge in [-0.1, -0.05) is 29.8 Å². The molecule has 0 spiro atoms. The lowest BCUT2D eigenvalue weighted by Crippen LogP contribution is -2.21. The van der Waals surface area contributed by atoms with E-state index in [1.54, 1.807) is 0 Å². The van der Waals surface area contributed by atoms with Crippen molar-refractivity contribution in [1.29, 1.82) is 10.5 Å². The molecule has 1 heterocycles. The lowest BCUT2D eigenvalue weighted by Gasteiger charge is -2.26. The number of nitriles is 2. The number of ether oxygens (including phenoxy) is 1. The van der Waals surface area contributed by atoms with Gasteiger partial charge in [-0.2, -0.15) is 10.5 Å². The summed E-state index contributed by atoms with van der Waals surface area (Å²) >= 11 is 0. The summed E-state index contributed by atoms with van der Waals surface area (Å²) in [6.07, 6.45) is 2.02. The highest BCUT2D eigenvalue weighted by molar-refractivity contribution is 5.54. The van der Waals surface area contributed by atoms with Crippen molar-refractivity contribution < 1.29 is 4.74 Å². The first kappa shape index (κ1) is 13.3. The Hall–Kier alpha value is -2.72. The summed E-state index contributed by atoms with van der Waals surface area (Å²) in [7, 11) is 0. The standard InChI is InChI=1S/C17H15N3O/c1-10-2-4-11(5-3-10)15-13(8-18)16(12-6-7-12)21-17(20)14(15)9-19/h2-5,12,15H,6-7,20H2,1H3/t15-/m1/s1. The Morgan fingerprint density at radius 3 is 2.24 bits per heavy atom. The third-order valence-electron chi connectivity index (χ3n) is 3.93. The maximum Gasteiger partial charge on any atom is 0.205 e. The van der Waals surface area contributed by atoms with Gasteiger partial charge in [0.1, 0.15) is 17.4 Å². The first-order valence-corrected chi connectivity index (χ1v) is 6.94. The normalized spacial score (nSPS) is 21.6. The Morgan fingerprint density at radius 1 is 1.10 bits per heavy atom. The number of allylic oxidation sites excluding steroid dienone is 3. The number of benzene rings is 1. The molecule has 2 N–H and O–H groups in total. The number of rotatable bonds is 2. The summed E-state index contributed by atoms with van der Waals surface area (Å²) in [5.74, 6) is 0.639. The fourth-order valence-electron chi connectivity index (χ4n) is 2.64. The predicted octanol–water partition coefficient (Wildman–Crippen LogP) is 2.99. The third kappa shape index (κ3) is 2.26. The Labute approximate surface area is 123 Å². The van der Waals surface area contributed by atoms with Gasteiger partial charge >= 0.3 is 0 Å². The zero-order valence-electron chi connectivity index (χ0n) is 11.8. The summed E-state index contributed by atoms with van der Waals surface area (Å²) in [4.78, 5) is 0. The van der Waals surface area contributed by atoms with Crippen molar-refractivity contribution in [2.24, 2.45) is 11.7 Å². The van der Waals surface area contributed by atoms with Crippen LogP contribution >= 0.6 is 0 Å². The van der Waals surface area contributed by atoms with Gasteiger partial charge in [-0.05, 0) is 25.3 Å². The van der Waals surface area contributed by atoms with Crippen LogP contribution in [-0.4, -0.2) is 0 Å². The molecule has 1 fully saturated rings. The minimum atomic E-state index is -0.412. The van der Waals surface area contributed by atoms with E-state index in [1.807, 2.05) is 31.2 Å². The molecule has 4 heteroatoms. The molecule has 0 bridgehead atoms. The summed E-state index contributed by atoms with van der Waals surface area (Å²) < 4.78 is 5.58. The molecule has 0 amide bonds. The van der Waals surface area contributed by atoms with E-state index in [2.05, 4.69) is 12.1 Å². The molecular weight excluding hydrogens is 262 g/mol. The highest BCUT2D eigenvalue weighted by Crippen LogP contribution is 2.47. The molecule has 0 saturated heterocycles. The smallest absolute Gasteiger partial charge is 0.205 e. The Kier molecular flexibility index (Phi) is 3.16. The number of hydrogen-bond donors (Lipinski definition) is 1. The van der Waals surface area contributed by atoms with E-state index in [0.717, 1.165) is 24.0 Å². The SMILES string of the molecule is Cc1ccc([C@H]2C(C#N)=C(N)OC(C3CC3)=C2C#N)cc1. The second-order valence-electron chi connectivity index (χ2n) is 5.50. The van der Waals surface area contributed by atoms with Gasteiger partial charge in [0.2, 0.25) is 5.88 Å². The summed E-state index contributed by atoms with van der Waals surface area (Å²) in [5.41, 5.74) is 8.78. The predicted molar refractivity (Wildman–Crippen MR) is 77.2 cm³/mol. The highest BCUT2D eigenvalue weighted by Gasteiger charge is 2.39. The largest absolute Gasteiger partial charge is 0.444 e. The summed E-state index contributed by atoms with van der Waals surface area (Å²) in [6.45, 7) is 2.00. The average molecular weight is 277 g/mol. The van der Waals surface area contributed by atoms with E-state index in [0.29, 0.717) is 16.9 Å². The second-order valence-corrected chi connectivity index (χ2v) is 5.50. The van der Waals surface area contributed by atoms with E-state index >= 15 is 0 Å². The third-order valence-corrected chi connectivity index (χ3v) is 3.93. The Morgan fingerprint density at radius 2 is 1.71 bits per heavy atom. The van der Waals surface area contributed by atoms with Crippen LogP contribution in [0, 0.1) is 35.5 Å². The Bertz CT molecular complexity index is 725. The van der Waals surface area contributed by atoms with Crippen molar-refractivity contribution in [3.05, 3.63) is 58.2 Å². The van der Waals surface area contributed by atoms with Crippen LogP contribution in [0.5, 0.6) is 0 Å². The van der Waals surface area contributed by atoms with E-state index < -0.39 is 5.92 Å². The van der Waals surface area contributed by atoms with Crippen molar-refractivity contribution in [3.8, 4) is 12.1 Å². The minimum Gasteiger partial charge on any atom is -0.444 e. The van der Waals surface area contributed by atoms with Crippen LogP contribution in [0.4, 0.5) is 0 Å². The minimum absolute atomic E-state index is 0.129. The molecule has 1 aliphatic carbocycles. The molecule has 0 aromatic heterocycles. The molecule has 1 aliphatic heterocycles. The Balaban J connectivity index is 2.15. The zero-order chi connectivity index (χ0) is 15.0. The van der Waals surface area contributed by atoms with Gasteiger partial charge in [-0.25, -0.2) is 0 Å². The van der Waals surface area contributed by atoms with Crippen LogP contribution in [-0.2, 0) is 4.74 Å². The molecule has 0 unspecified atom stereocenters. The van der Waals surface area contributed by atoms with E-state index in [1.165, 1.54) is 0 Å². The topological polar surface area (TPSA) is 82.8 Å². The number of nitrogens with two attached hydrogens (primary N) is 1. The molecule has 104 valence electrons.